The molecule has 0 unspecified atom stereocenters. The number of hydrogen-bond acceptors (Lipinski definition) is 3. The third-order valence-corrected chi connectivity index (χ3v) is 5.07. The summed E-state index contributed by atoms with van der Waals surface area (Å²) < 4.78 is 18.5. The van der Waals surface area contributed by atoms with Crippen molar-refractivity contribution < 1.29 is 14.2 Å². The lowest BCUT2D eigenvalue weighted by atomic mass is 10.0. The summed E-state index contributed by atoms with van der Waals surface area (Å²) in [5, 5.41) is 1.84. The normalized spacial score (nSPS) is 10.6. The van der Waals surface area contributed by atoms with Crippen LogP contribution in [0.3, 0.4) is 0 Å². The molecule has 4 heteroatoms. The lowest BCUT2D eigenvalue weighted by Crippen LogP contribution is -2.01. The summed E-state index contributed by atoms with van der Waals surface area (Å²) in [6, 6.07) is 16.0. The molecule has 3 rings (SSSR count). The molecule has 26 heavy (non-hydrogen) atoms. The molecule has 0 atom stereocenters. The lowest BCUT2D eigenvalue weighted by molar-refractivity contribution is 0.308. The monoisotopic (exact) mass is 412 g/mol. The minimum atomic E-state index is 0.484. The van der Waals surface area contributed by atoms with E-state index in [1.165, 1.54) is 0 Å². The van der Waals surface area contributed by atoms with Crippen molar-refractivity contribution in [1.82, 2.24) is 0 Å². The number of benzene rings is 3. The van der Waals surface area contributed by atoms with Gasteiger partial charge >= 0.3 is 0 Å². The molecule has 3 nitrogen and oxygen atoms in total. The summed E-state index contributed by atoms with van der Waals surface area (Å²) in [6.07, 6.45) is 2.50. The van der Waals surface area contributed by atoms with Crippen LogP contribution >= 0.6 is 15.9 Å². The minimum absolute atomic E-state index is 0.484. The van der Waals surface area contributed by atoms with Crippen LogP contribution in [0.15, 0.2) is 65.7 Å². The summed E-state index contributed by atoms with van der Waals surface area (Å²) in [7, 11) is 3.34. The molecular weight excluding hydrogens is 392 g/mol. The van der Waals surface area contributed by atoms with Gasteiger partial charge in [-0.15, -0.1) is 6.58 Å². The second-order valence-corrected chi connectivity index (χ2v) is 6.60. The van der Waals surface area contributed by atoms with Crippen LogP contribution in [0.1, 0.15) is 11.1 Å². The average molecular weight is 413 g/mol. The molecule has 0 N–H and O–H groups in total. The Morgan fingerprint density at radius 1 is 0.962 bits per heavy atom. The first-order valence-corrected chi connectivity index (χ1v) is 9.13. The van der Waals surface area contributed by atoms with Crippen molar-refractivity contribution in [3.05, 3.63) is 76.8 Å². The summed E-state index contributed by atoms with van der Waals surface area (Å²) in [5.74, 6) is 2.30. The van der Waals surface area contributed by atoms with Gasteiger partial charge in [0.1, 0.15) is 23.9 Å². The van der Waals surface area contributed by atoms with E-state index in [0.29, 0.717) is 13.0 Å². The van der Waals surface area contributed by atoms with E-state index in [1.807, 2.05) is 54.6 Å². The highest BCUT2D eigenvalue weighted by molar-refractivity contribution is 9.10. The molecule has 0 aromatic heterocycles. The number of allylic oxidation sites excluding steroid dienone is 1. The van der Waals surface area contributed by atoms with Crippen molar-refractivity contribution in [1.29, 1.82) is 0 Å². The number of ether oxygens (including phenoxy) is 3. The third-order valence-electron chi connectivity index (χ3n) is 4.23. The standard InChI is InChI=1S/C22H21BrO3/c1-4-9-17-20(23)22(25-3)16-12-8-13-18(19(16)21(17)24-2)26-14-15-10-6-5-7-11-15/h4-8,10-13H,1,9,14H2,2-3H3. The van der Waals surface area contributed by atoms with E-state index in [0.717, 1.165) is 43.6 Å². The van der Waals surface area contributed by atoms with E-state index >= 15 is 0 Å². The number of halogens is 1. The summed E-state index contributed by atoms with van der Waals surface area (Å²) in [5.41, 5.74) is 2.10. The zero-order chi connectivity index (χ0) is 18.5. The lowest BCUT2D eigenvalue weighted by Gasteiger charge is -2.19. The Morgan fingerprint density at radius 3 is 2.35 bits per heavy atom. The molecule has 0 saturated carbocycles. The Morgan fingerprint density at radius 2 is 1.69 bits per heavy atom. The highest BCUT2D eigenvalue weighted by atomic mass is 79.9. The molecule has 0 saturated heterocycles. The van der Waals surface area contributed by atoms with Gasteiger partial charge in [0.25, 0.3) is 0 Å². The van der Waals surface area contributed by atoms with Gasteiger partial charge in [-0.1, -0.05) is 48.5 Å². The van der Waals surface area contributed by atoms with E-state index < -0.39 is 0 Å². The SMILES string of the molecule is C=CCc1c(Br)c(OC)c2cccc(OCc3ccccc3)c2c1OC. The van der Waals surface area contributed by atoms with Crippen LogP contribution < -0.4 is 14.2 Å². The zero-order valence-corrected chi connectivity index (χ0v) is 16.5. The zero-order valence-electron chi connectivity index (χ0n) is 14.9. The molecule has 134 valence electrons. The van der Waals surface area contributed by atoms with Crippen molar-refractivity contribution in [3.63, 3.8) is 0 Å². The number of fused-ring (bicyclic) bond motifs is 1. The molecule has 0 fully saturated rings. The van der Waals surface area contributed by atoms with Gasteiger partial charge in [-0.2, -0.15) is 0 Å². The highest BCUT2D eigenvalue weighted by Crippen LogP contribution is 2.47. The molecule has 0 amide bonds. The largest absolute Gasteiger partial charge is 0.496 e. The van der Waals surface area contributed by atoms with Crippen LogP contribution in [0.25, 0.3) is 10.8 Å². The van der Waals surface area contributed by atoms with Gasteiger partial charge in [0.15, 0.2) is 0 Å². The summed E-state index contributed by atoms with van der Waals surface area (Å²) in [4.78, 5) is 0. The predicted molar refractivity (Wildman–Crippen MR) is 109 cm³/mol. The van der Waals surface area contributed by atoms with Crippen LogP contribution in [0, 0.1) is 0 Å². The smallest absolute Gasteiger partial charge is 0.141 e. The van der Waals surface area contributed by atoms with Crippen LogP contribution in [0.5, 0.6) is 17.2 Å². The molecule has 0 heterocycles. The number of hydrogen-bond donors (Lipinski definition) is 0. The van der Waals surface area contributed by atoms with Gasteiger partial charge in [-0.05, 0) is 34.0 Å². The Bertz CT molecular complexity index is 920. The molecule has 3 aromatic carbocycles. The van der Waals surface area contributed by atoms with Gasteiger partial charge in [0.2, 0.25) is 0 Å². The average Bonchev–Trinajstić information content (AvgIpc) is 2.68. The Balaban J connectivity index is 2.17. The minimum Gasteiger partial charge on any atom is -0.496 e. The molecule has 0 aliphatic rings. The third kappa shape index (κ3) is 3.42. The highest BCUT2D eigenvalue weighted by Gasteiger charge is 2.21. The van der Waals surface area contributed by atoms with Crippen LogP contribution in [0.4, 0.5) is 0 Å². The predicted octanol–water partition coefficient (Wildman–Crippen LogP) is 5.93. The quantitative estimate of drug-likeness (QED) is 0.450. The summed E-state index contributed by atoms with van der Waals surface area (Å²) in [6.45, 7) is 4.34. The maximum absolute atomic E-state index is 6.14. The molecule has 0 bridgehead atoms. The fourth-order valence-electron chi connectivity index (χ4n) is 3.07. The summed E-state index contributed by atoms with van der Waals surface area (Å²) >= 11 is 3.66. The van der Waals surface area contributed by atoms with Crippen molar-refractivity contribution in [3.8, 4) is 17.2 Å². The Hall–Kier alpha value is -2.46. The van der Waals surface area contributed by atoms with Gasteiger partial charge in [0, 0.05) is 10.9 Å². The van der Waals surface area contributed by atoms with Gasteiger partial charge in [0.05, 0.1) is 24.1 Å². The van der Waals surface area contributed by atoms with Crippen molar-refractivity contribution in [2.24, 2.45) is 0 Å². The molecule has 0 aliphatic heterocycles. The van der Waals surface area contributed by atoms with Gasteiger partial charge < -0.3 is 14.2 Å². The number of methoxy groups -OCH3 is 2. The number of rotatable bonds is 7. The van der Waals surface area contributed by atoms with Gasteiger partial charge in [-0.25, -0.2) is 0 Å². The second kappa shape index (κ2) is 8.28. The first kappa shape index (κ1) is 18.3. The molecular formula is C22H21BrO3. The molecule has 3 aromatic rings. The van der Waals surface area contributed by atoms with Crippen LogP contribution in [-0.4, -0.2) is 14.2 Å². The Kier molecular flexibility index (Phi) is 5.84. The molecule has 0 spiro atoms. The van der Waals surface area contributed by atoms with E-state index in [4.69, 9.17) is 14.2 Å². The first-order chi connectivity index (χ1) is 12.7. The van der Waals surface area contributed by atoms with Crippen molar-refractivity contribution in [2.75, 3.05) is 14.2 Å². The maximum Gasteiger partial charge on any atom is 0.141 e. The van der Waals surface area contributed by atoms with Crippen molar-refractivity contribution >= 4 is 26.7 Å². The van der Waals surface area contributed by atoms with E-state index in [-0.39, 0.29) is 0 Å². The molecule has 0 aliphatic carbocycles. The topological polar surface area (TPSA) is 27.7 Å². The fraction of sp³-hybridized carbons (Fsp3) is 0.182. The van der Waals surface area contributed by atoms with E-state index in [1.54, 1.807) is 14.2 Å². The van der Waals surface area contributed by atoms with Crippen LogP contribution in [0.2, 0.25) is 0 Å². The second-order valence-electron chi connectivity index (χ2n) is 5.80. The van der Waals surface area contributed by atoms with Crippen molar-refractivity contribution in [2.45, 2.75) is 13.0 Å². The first-order valence-electron chi connectivity index (χ1n) is 8.33. The van der Waals surface area contributed by atoms with Crippen LogP contribution in [-0.2, 0) is 13.0 Å². The van der Waals surface area contributed by atoms with E-state index in [2.05, 4.69) is 22.5 Å². The Labute approximate surface area is 162 Å². The fourth-order valence-corrected chi connectivity index (χ4v) is 3.78. The molecule has 0 radical (unpaired) electrons. The van der Waals surface area contributed by atoms with E-state index in [9.17, 15) is 0 Å². The maximum atomic E-state index is 6.14. The van der Waals surface area contributed by atoms with Gasteiger partial charge in [-0.3, -0.25) is 0 Å².